The predicted octanol–water partition coefficient (Wildman–Crippen LogP) is 4.48. The minimum Gasteiger partial charge on any atom is -0.504 e. The number of carbonyl (C=O) groups excluding carboxylic acids is 2. The minimum atomic E-state index is -5.37. The summed E-state index contributed by atoms with van der Waals surface area (Å²) in [5.74, 6) is -4.93. The lowest BCUT2D eigenvalue weighted by atomic mass is 10.0. The summed E-state index contributed by atoms with van der Waals surface area (Å²) in [5.41, 5.74) is -1.73. The van der Waals surface area contributed by atoms with Crippen LogP contribution in [0.3, 0.4) is 0 Å². The molecule has 0 spiro atoms. The number of hydrogen-bond donors (Lipinski definition) is 1. The van der Waals surface area contributed by atoms with Gasteiger partial charge in [0, 0.05) is 49.5 Å². The van der Waals surface area contributed by atoms with Crippen LogP contribution in [0.2, 0.25) is 0 Å². The smallest absolute Gasteiger partial charge is 0.471 e. The Morgan fingerprint density at radius 1 is 1.04 bits per heavy atom. The molecule has 3 aromatic rings. The Morgan fingerprint density at radius 3 is 2.20 bits per heavy atom. The number of phenols is 1. The highest BCUT2D eigenvalue weighted by Gasteiger charge is 2.45. The predicted molar refractivity (Wildman–Crippen MR) is 146 cm³/mol. The van der Waals surface area contributed by atoms with Crippen molar-refractivity contribution in [2.24, 2.45) is 0 Å². The van der Waals surface area contributed by atoms with Gasteiger partial charge in [-0.25, -0.2) is 9.78 Å². The maximum atomic E-state index is 13.1. The highest BCUT2D eigenvalue weighted by Crippen LogP contribution is 2.43. The number of alkyl halides is 3. The third-order valence-electron chi connectivity index (χ3n) is 6.07. The molecule has 0 aliphatic heterocycles. The number of nitrogens with zero attached hydrogens (tertiary/aromatic N) is 4. The Morgan fingerprint density at radius 2 is 1.69 bits per heavy atom. The molecule has 1 amide bonds. The standard InChI is InChI=1S/C27H25F3N4O11/c1-4-43-25(36)20(32(2)26(37)27(28,29)30)11-16-9-18(33(38)39)24(19(10-16)34(40)41)45-17-6-7-21(35)22(12-17)44-14-15-5-8-23(42-3)31-13-15/h5-10,12-13,20,35H,4,11,14H2,1-3H3/t20-/m0/s1. The van der Waals surface area contributed by atoms with Crippen LogP contribution in [0.4, 0.5) is 24.5 Å². The van der Waals surface area contributed by atoms with E-state index in [9.17, 15) is 48.1 Å². The highest BCUT2D eigenvalue weighted by molar-refractivity contribution is 5.87. The lowest BCUT2D eigenvalue weighted by Gasteiger charge is -2.27. The number of nitro benzene ring substituents is 2. The molecule has 0 aliphatic rings. The fraction of sp³-hybridized carbons (Fsp3) is 0.296. The number of methoxy groups -OCH3 is 1. The molecule has 0 bridgehead atoms. The average molecular weight is 639 g/mol. The van der Waals surface area contributed by atoms with Gasteiger partial charge in [0.15, 0.2) is 11.5 Å². The number of nitro groups is 2. The van der Waals surface area contributed by atoms with Crippen LogP contribution in [-0.2, 0) is 27.4 Å². The van der Waals surface area contributed by atoms with E-state index in [1.54, 1.807) is 12.1 Å². The van der Waals surface area contributed by atoms with E-state index in [0.29, 0.717) is 18.5 Å². The number of hydrogen-bond acceptors (Lipinski definition) is 12. The van der Waals surface area contributed by atoms with Crippen molar-refractivity contribution in [2.45, 2.75) is 32.2 Å². The van der Waals surface area contributed by atoms with Gasteiger partial charge in [0.25, 0.3) is 5.75 Å². The fourth-order valence-electron chi connectivity index (χ4n) is 3.90. The zero-order chi connectivity index (χ0) is 33.5. The van der Waals surface area contributed by atoms with Gasteiger partial charge in [0.2, 0.25) is 5.88 Å². The molecule has 240 valence electrons. The van der Waals surface area contributed by atoms with Gasteiger partial charge in [0.05, 0.1) is 23.6 Å². The van der Waals surface area contributed by atoms with Crippen LogP contribution < -0.4 is 14.2 Å². The SMILES string of the molecule is CCOC(=O)[C@H](Cc1cc([N+](=O)[O-])c(Oc2ccc(O)c(OCc3ccc(OC)nc3)c2)c([N+](=O)[O-])c1)N(C)C(=O)C(F)(F)F. The second-order valence-corrected chi connectivity index (χ2v) is 9.09. The lowest BCUT2D eigenvalue weighted by Crippen LogP contribution is -2.49. The number of likely N-dealkylation sites (N-methyl/N-ethyl adjacent to an activating group) is 1. The first-order valence-electron chi connectivity index (χ1n) is 12.7. The first-order valence-corrected chi connectivity index (χ1v) is 12.7. The molecule has 0 fully saturated rings. The minimum absolute atomic E-state index is 0.0417. The number of ether oxygens (including phenoxy) is 4. The molecule has 0 saturated heterocycles. The molecule has 15 nitrogen and oxygen atoms in total. The van der Waals surface area contributed by atoms with Crippen LogP contribution >= 0.6 is 0 Å². The third kappa shape index (κ3) is 8.46. The number of aromatic hydroxyl groups is 1. The molecule has 0 radical (unpaired) electrons. The van der Waals surface area contributed by atoms with Crippen molar-refractivity contribution in [2.75, 3.05) is 20.8 Å². The van der Waals surface area contributed by atoms with Gasteiger partial charge in [-0.05, 0) is 30.7 Å². The van der Waals surface area contributed by atoms with Crippen molar-refractivity contribution in [3.63, 3.8) is 0 Å². The Hall–Kier alpha value is -5.68. The Kier molecular flexibility index (Phi) is 10.7. The van der Waals surface area contributed by atoms with E-state index in [1.807, 2.05) is 0 Å². The van der Waals surface area contributed by atoms with Crippen LogP contribution in [0.25, 0.3) is 0 Å². The molecule has 1 atom stereocenters. The van der Waals surface area contributed by atoms with E-state index in [4.69, 9.17) is 18.9 Å². The van der Waals surface area contributed by atoms with Crippen LogP contribution in [-0.4, -0.2) is 69.7 Å². The summed E-state index contributed by atoms with van der Waals surface area (Å²) in [6.07, 6.45) is -4.72. The summed E-state index contributed by atoms with van der Waals surface area (Å²) in [4.78, 5) is 50.3. The maximum absolute atomic E-state index is 13.1. The molecule has 0 unspecified atom stereocenters. The van der Waals surface area contributed by atoms with Crippen LogP contribution in [0.5, 0.6) is 28.9 Å². The first-order chi connectivity index (χ1) is 21.2. The van der Waals surface area contributed by atoms with E-state index in [0.717, 1.165) is 30.3 Å². The Labute approximate surface area is 252 Å². The number of phenolic OH excluding ortho intramolecular Hbond substituents is 1. The van der Waals surface area contributed by atoms with E-state index in [-0.39, 0.29) is 40.9 Å². The summed E-state index contributed by atoms with van der Waals surface area (Å²) < 4.78 is 60.1. The molecule has 1 N–H and O–H groups in total. The third-order valence-corrected chi connectivity index (χ3v) is 6.07. The largest absolute Gasteiger partial charge is 0.504 e. The monoisotopic (exact) mass is 638 g/mol. The zero-order valence-electron chi connectivity index (χ0n) is 23.8. The molecular weight excluding hydrogens is 613 g/mol. The molecule has 1 aromatic heterocycles. The summed E-state index contributed by atoms with van der Waals surface area (Å²) in [7, 11) is 2.11. The summed E-state index contributed by atoms with van der Waals surface area (Å²) in [6, 6.07) is 6.16. The quantitative estimate of drug-likeness (QED) is 0.157. The number of rotatable bonds is 13. The number of carbonyl (C=O) groups is 2. The van der Waals surface area contributed by atoms with Crippen molar-refractivity contribution in [1.82, 2.24) is 9.88 Å². The molecule has 0 aliphatic carbocycles. The van der Waals surface area contributed by atoms with Crippen LogP contribution in [0.1, 0.15) is 18.1 Å². The molecule has 0 saturated carbocycles. The van der Waals surface area contributed by atoms with E-state index < -0.39 is 57.5 Å². The summed E-state index contributed by atoms with van der Waals surface area (Å²) in [6.45, 7) is 1.00. The summed E-state index contributed by atoms with van der Waals surface area (Å²) in [5, 5.41) is 34.2. The molecule has 1 heterocycles. The average Bonchev–Trinajstić information content (AvgIpc) is 2.99. The second-order valence-electron chi connectivity index (χ2n) is 9.09. The Balaban J connectivity index is 1.98. The van der Waals surface area contributed by atoms with Gasteiger partial charge in [-0.2, -0.15) is 13.2 Å². The normalized spacial score (nSPS) is 11.7. The van der Waals surface area contributed by atoms with E-state index >= 15 is 0 Å². The number of halogens is 3. The van der Waals surface area contributed by atoms with E-state index in [1.165, 1.54) is 20.2 Å². The van der Waals surface area contributed by atoms with Gasteiger partial charge in [-0.1, -0.05) is 0 Å². The van der Waals surface area contributed by atoms with Gasteiger partial charge in [-0.15, -0.1) is 0 Å². The van der Waals surface area contributed by atoms with Gasteiger partial charge >= 0.3 is 29.4 Å². The molecule has 45 heavy (non-hydrogen) atoms. The second kappa shape index (κ2) is 14.2. The number of pyridine rings is 1. The van der Waals surface area contributed by atoms with Crippen molar-refractivity contribution in [3.8, 4) is 28.9 Å². The van der Waals surface area contributed by atoms with Gasteiger partial charge in [0.1, 0.15) is 18.4 Å². The Bertz CT molecular complexity index is 1550. The van der Waals surface area contributed by atoms with Crippen molar-refractivity contribution < 1.29 is 56.7 Å². The van der Waals surface area contributed by atoms with Gasteiger partial charge in [-0.3, -0.25) is 25.0 Å². The number of aromatic nitrogens is 1. The lowest BCUT2D eigenvalue weighted by molar-refractivity contribution is -0.395. The number of amides is 1. The molecule has 18 heteroatoms. The van der Waals surface area contributed by atoms with E-state index in [2.05, 4.69) is 4.98 Å². The van der Waals surface area contributed by atoms with Crippen LogP contribution in [0.15, 0.2) is 48.7 Å². The summed E-state index contributed by atoms with van der Waals surface area (Å²) >= 11 is 0. The molecule has 2 aromatic carbocycles. The van der Waals surface area contributed by atoms with Crippen LogP contribution in [0, 0.1) is 20.2 Å². The number of benzene rings is 2. The fourth-order valence-corrected chi connectivity index (χ4v) is 3.90. The van der Waals surface area contributed by atoms with Crippen molar-refractivity contribution >= 4 is 23.3 Å². The number of esters is 1. The van der Waals surface area contributed by atoms with Gasteiger partial charge < -0.3 is 29.0 Å². The van der Waals surface area contributed by atoms with Crippen molar-refractivity contribution in [3.05, 3.63) is 80.0 Å². The highest BCUT2D eigenvalue weighted by atomic mass is 19.4. The topological polar surface area (TPSA) is 194 Å². The molecular formula is C27H25F3N4O11. The van der Waals surface area contributed by atoms with Crippen molar-refractivity contribution in [1.29, 1.82) is 0 Å². The molecule has 3 rings (SSSR count). The first kappa shape index (κ1) is 33.8. The zero-order valence-corrected chi connectivity index (χ0v) is 23.8. The maximum Gasteiger partial charge on any atom is 0.471 e.